The van der Waals surface area contributed by atoms with Crippen LogP contribution in [0.25, 0.3) is 0 Å². The van der Waals surface area contributed by atoms with Gasteiger partial charge in [0, 0.05) is 29.9 Å². The number of nitrogens with two attached hydrogens (primary N) is 1. The van der Waals surface area contributed by atoms with E-state index in [0.717, 1.165) is 5.56 Å². The van der Waals surface area contributed by atoms with Gasteiger partial charge in [0.25, 0.3) is 11.8 Å². The highest BCUT2D eigenvalue weighted by molar-refractivity contribution is 5.97. The van der Waals surface area contributed by atoms with Gasteiger partial charge in [0.15, 0.2) is 6.10 Å². The summed E-state index contributed by atoms with van der Waals surface area (Å²) in [5.74, 6) is -1.88. The van der Waals surface area contributed by atoms with Gasteiger partial charge in [-0.1, -0.05) is 18.2 Å². The number of carbonyl (C=O) groups is 4. The minimum atomic E-state index is -0.982. The van der Waals surface area contributed by atoms with E-state index in [1.165, 1.54) is 19.1 Å². The van der Waals surface area contributed by atoms with Crippen LogP contribution in [0.5, 0.6) is 0 Å². The molecule has 8 heteroatoms. The Morgan fingerprint density at radius 1 is 1.03 bits per heavy atom. The van der Waals surface area contributed by atoms with E-state index in [1.807, 2.05) is 25.1 Å². The maximum atomic E-state index is 12.7. The first-order chi connectivity index (χ1) is 15.3. The number of rotatable bonds is 6. The molecular weight excluding hydrogens is 410 g/mol. The lowest BCUT2D eigenvalue weighted by Crippen LogP contribution is -2.42. The van der Waals surface area contributed by atoms with Crippen molar-refractivity contribution < 1.29 is 23.9 Å². The number of amides is 3. The molecule has 0 aromatic heterocycles. The summed E-state index contributed by atoms with van der Waals surface area (Å²) in [7, 11) is 0. The van der Waals surface area contributed by atoms with Crippen molar-refractivity contribution in [1.82, 2.24) is 4.90 Å². The second-order valence-electron chi connectivity index (χ2n) is 7.89. The van der Waals surface area contributed by atoms with Crippen LogP contribution in [-0.2, 0) is 14.3 Å². The second kappa shape index (κ2) is 10.1. The second-order valence-corrected chi connectivity index (χ2v) is 7.89. The molecule has 0 radical (unpaired) electrons. The third-order valence-corrected chi connectivity index (χ3v) is 5.59. The molecular formula is C24H27N3O5. The first-order valence-electron chi connectivity index (χ1n) is 10.5. The van der Waals surface area contributed by atoms with Crippen LogP contribution in [0.1, 0.15) is 46.0 Å². The van der Waals surface area contributed by atoms with Crippen molar-refractivity contribution in [3.05, 3.63) is 65.2 Å². The molecule has 0 unspecified atom stereocenters. The summed E-state index contributed by atoms with van der Waals surface area (Å²) in [4.78, 5) is 50.5. The molecule has 8 nitrogen and oxygen atoms in total. The van der Waals surface area contributed by atoms with E-state index in [-0.39, 0.29) is 11.8 Å². The molecule has 3 amide bonds. The number of primary amides is 1. The summed E-state index contributed by atoms with van der Waals surface area (Å²) >= 11 is 0. The maximum Gasteiger partial charge on any atom is 0.309 e. The first-order valence-corrected chi connectivity index (χ1v) is 10.5. The number of aryl methyl sites for hydroxylation is 1. The number of nitrogens with zero attached hydrogens (tertiary/aromatic N) is 1. The van der Waals surface area contributed by atoms with Gasteiger partial charge in [-0.2, -0.15) is 0 Å². The number of carbonyl (C=O) groups excluding carboxylic acids is 4. The Hall–Kier alpha value is -3.68. The summed E-state index contributed by atoms with van der Waals surface area (Å²) in [6.45, 7) is 4.32. The van der Waals surface area contributed by atoms with Gasteiger partial charge >= 0.3 is 5.97 Å². The van der Waals surface area contributed by atoms with Crippen LogP contribution in [0.4, 0.5) is 5.69 Å². The Balaban J connectivity index is 1.48. The van der Waals surface area contributed by atoms with E-state index in [9.17, 15) is 19.2 Å². The predicted molar refractivity (Wildman–Crippen MR) is 119 cm³/mol. The lowest BCUT2D eigenvalue weighted by molar-refractivity contribution is -0.158. The molecule has 1 aliphatic rings. The third-order valence-electron chi connectivity index (χ3n) is 5.59. The van der Waals surface area contributed by atoms with Crippen LogP contribution < -0.4 is 11.1 Å². The highest BCUT2D eigenvalue weighted by Crippen LogP contribution is 2.22. The van der Waals surface area contributed by atoms with Gasteiger partial charge < -0.3 is 20.7 Å². The molecule has 2 aromatic carbocycles. The van der Waals surface area contributed by atoms with Crippen LogP contribution in [-0.4, -0.2) is 47.8 Å². The smallest absolute Gasteiger partial charge is 0.309 e. The molecule has 0 spiro atoms. The van der Waals surface area contributed by atoms with Crippen LogP contribution in [0.15, 0.2) is 48.5 Å². The number of nitrogens with one attached hydrogen (secondary N) is 1. The summed E-state index contributed by atoms with van der Waals surface area (Å²) in [5, 5.41) is 2.64. The summed E-state index contributed by atoms with van der Waals surface area (Å²) in [6.07, 6.45) is -0.0106. The van der Waals surface area contributed by atoms with E-state index >= 15 is 0 Å². The normalized spacial score (nSPS) is 15.0. The largest absolute Gasteiger partial charge is 0.452 e. The number of esters is 1. The number of hydrogen-bond acceptors (Lipinski definition) is 5. The molecule has 1 aliphatic heterocycles. The van der Waals surface area contributed by atoms with Crippen molar-refractivity contribution in [2.24, 2.45) is 11.7 Å². The standard InChI is InChI=1S/C24H27N3O5/c1-15-5-3-4-6-20(15)23(30)27-13-11-18(12-14-27)24(31)32-16(2)22(29)26-19-9-7-17(8-10-19)21(25)28/h3-10,16,18H,11-14H2,1-2H3,(H2,25,28)(H,26,29)/t16-/m0/s1. The molecule has 0 aliphatic carbocycles. The van der Waals surface area contributed by atoms with Crippen LogP contribution in [0, 0.1) is 12.8 Å². The predicted octanol–water partition coefficient (Wildman–Crippen LogP) is 2.52. The molecule has 2 aromatic rings. The fourth-order valence-corrected chi connectivity index (χ4v) is 3.59. The molecule has 1 saturated heterocycles. The molecule has 1 atom stereocenters. The quantitative estimate of drug-likeness (QED) is 0.673. The maximum absolute atomic E-state index is 12.7. The summed E-state index contributed by atoms with van der Waals surface area (Å²) in [5.41, 5.74) is 7.58. The van der Waals surface area contributed by atoms with Gasteiger partial charge in [0.1, 0.15) is 0 Å². The topological polar surface area (TPSA) is 119 Å². The molecule has 3 N–H and O–H groups in total. The monoisotopic (exact) mass is 437 g/mol. The number of piperidine rings is 1. The lowest BCUT2D eigenvalue weighted by Gasteiger charge is -2.31. The zero-order valence-corrected chi connectivity index (χ0v) is 18.2. The SMILES string of the molecule is Cc1ccccc1C(=O)N1CCC(C(=O)O[C@@H](C)C(=O)Nc2ccc(C(N)=O)cc2)CC1. The van der Waals surface area contributed by atoms with Gasteiger partial charge in [-0.25, -0.2) is 0 Å². The van der Waals surface area contributed by atoms with Crippen LogP contribution in [0.3, 0.4) is 0 Å². The fraction of sp³-hybridized carbons (Fsp3) is 0.333. The molecule has 0 bridgehead atoms. The Labute approximate surface area is 186 Å². The van der Waals surface area contributed by atoms with Crippen LogP contribution in [0.2, 0.25) is 0 Å². The van der Waals surface area contributed by atoms with Gasteiger partial charge in [-0.05, 0) is 62.6 Å². The zero-order valence-electron chi connectivity index (χ0n) is 18.2. The van der Waals surface area contributed by atoms with E-state index in [2.05, 4.69) is 5.32 Å². The van der Waals surface area contributed by atoms with Crippen molar-refractivity contribution in [2.45, 2.75) is 32.8 Å². The molecule has 1 heterocycles. The number of anilines is 1. The molecule has 32 heavy (non-hydrogen) atoms. The number of hydrogen-bond donors (Lipinski definition) is 2. The van der Waals surface area contributed by atoms with Gasteiger partial charge in [0.05, 0.1) is 5.92 Å². The first kappa shape index (κ1) is 23.0. The van der Waals surface area contributed by atoms with E-state index in [0.29, 0.717) is 42.7 Å². The average molecular weight is 437 g/mol. The van der Waals surface area contributed by atoms with E-state index < -0.39 is 23.9 Å². The summed E-state index contributed by atoms with van der Waals surface area (Å²) < 4.78 is 5.36. The molecule has 3 rings (SSSR count). The van der Waals surface area contributed by atoms with E-state index in [4.69, 9.17) is 10.5 Å². The van der Waals surface area contributed by atoms with Gasteiger partial charge in [-0.15, -0.1) is 0 Å². The van der Waals surface area contributed by atoms with E-state index in [1.54, 1.807) is 23.1 Å². The Morgan fingerprint density at radius 2 is 1.66 bits per heavy atom. The number of ether oxygens (including phenoxy) is 1. The molecule has 0 saturated carbocycles. The fourth-order valence-electron chi connectivity index (χ4n) is 3.59. The molecule has 1 fully saturated rings. The Morgan fingerprint density at radius 3 is 2.25 bits per heavy atom. The van der Waals surface area contributed by atoms with Crippen molar-refractivity contribution in [3.8, 4) is 0 Å². The minimum absolute atomic E-state index is 0.0370. The van der Waals surface area contributed by atoms with Gasteiger partial charge in [-0.3, -0.25) is 19.2 Å². The Bertz CT molecular complexity index is 1010. The average Bonchev–Trinajstić information content (AvgIpc) is 2.79. The Kier molecular flexibility index (Phi) is 7.25. The minimum Gasteiger partial charge on any atom is -0.452 e. The number of benzene rings is 2. The van der Waals surface area contributed by atoms with Crippen molar-refractivity contribution in [3.63, 3.8) is 0 Å². The molecule has 168 valence electrons. The highest BCUT2D eigenvalue weighted by atomic mass is 16.5. The van der Waals surface area contributed by atoms with Crippen molar-refractivity contribution >= 4 is 29.4 Å². The lowest BCUT2D eigenvalue weighted by atomic mass is 9.96. The highest BCUT2D eigenvalue weighted by Gasteiger charge is 2.31. The summed E-state index contributed by atoms with van der Waals surface area (Å²) in [6, 6.07) is 13.5. The van der Waals surface area contributed by atoms with Crippen molar-refractivity contribution in [2.75, 3.05) is 18.4 Å². The zero-order chi connectivity index (χ0) is 23.3. The third kappa shape index (κ3) is 5.51. The van der Waals surface area contributed by atoms with Gasteiger partial charge in [0.2, 0.25) is 5.91 Å². The van der Waals surface area contributed by atoms with Crippen molar-refractivity contribution in [1.29, 1.82) is 0 Å². The van der Waals surface area contributed by atoms with Crippen LogP contribution >= 0.6 is 0 Å². The number of likely N-dealkylation sites (tertiary alicyclic amines) is 1.